The third kappa shape index (κ3) is 6.61. The van der Waals surface area contributed by atoms with Crippen molar-refractivity contribution in [2.75, 3.05) is 0 Å². The maximum absolute atomic E-state index is 5.23. The Kier molecular flexibility index (Phi) is 8.41. The molecule has 4 nitrogen and oxygen atoms in total. The minimum Gasteiger partial charge on any atom is -0.369 e. The number of halogens is 2. The Hall–Kier alpha value is -1.07. The highest BCUT2D eigenvalue weighted by molar-refractivity contribution is 9.10. The van der Waals surface area contributed by atoms with E-state index in [1.807, 2.05) is 19.1 Å². The van der Waals surface area contributed by atoms with E-state index >= 15 is 0 Å². The van der Waals surface area contributed by atoms with Gasteiger partial charge in [0.1, 0.15) is 0 Å². The van der Waals surface area contributed by atoms with Gasteiger partial charge in [0.05, 0.1) is 0 Å². The normalized spacial score (nSPS) is 10.7. The first-order valence-corrected chi connectivity index (χ1v) is 6.30. The van der Waals surface area contributed by atoms with Gasteiger partial charge in [0.15, 0.2) is 0 Å². The summed E-state index contributed by atoms with van der Waals surface area (Å²) < 4.78 is 1.09. The van der Waals surface area contributed by atoms with Crippen LogP contribution < -0.4 is 11.5 Å². The number of guanidine groups is 1. The van der Waals surface area contributed by atoms with Crippen LogP contribution in [-0.2, 0) is 6.42 Å². The number of nitrogens with two attached hydrogens (primary N) is 2. The first-order valence-electron chi connectivity index (χ1n) is 5.50. The van der Waals surface area contributed by atoms with E-state index in [2.05, 4.69) is 38.3 Å². The molecule has 1 rings (SSSR count). The number of hydrogen-bond acceptors (Lipinski definition) is 2. The van der Waals surface area contributed by atoms with Crippen LogP contribution in [0.3, 0.4) is 0 Å². The van der Waals surface area contributed by atoms with Crippen molar-refractivity contribution >= 4 is 40.0 Å². The smallest absolute Gasteiger partial charge is 0.211 e. The van der Waals surface area contributed by atoms with E-state index in [-0.39, 0.29) is 18.4 Å². The van der Waals surface area contributed by atoms with Crippen molar-refractivity contribution in [2.24, 2.45) is 21.7 Å². The zero-order valence-corrected chi connectivity index (χ0v) is 12.7. The van der Waals surface area contributed by atoms with Crippen LogP contribution in [0.1, 0.15) is 25.3 Å². The maximum atomic E-state index is 5.23. The predicted molar refractivity (Wildman–Crippen MR) is 83.2 cm³/mol. The summed E-state index contributed by atoms with van der Waals surface area (Å²) in [5, 5.41) is 7.69. The summed E-state index contributed by atoms with van der Waals surface area (Å²) >= 11 is 3.41. The van der Waals surface area contributed by atoms with E-state index in [0.717, 1.165) is 29.4 Å². The van der Waals surface area contributed by atoms with Gasteiger partial charge in [-0.1, -0.05) is 35.0 Å². The van der Waals surface area contributed by atoms with Gasteiger partial charge in [0.2, 0.25) is 5.96 Å². The van der Waals surface area contributed by atoms with E-state index in [1.165, 1.54) is 5.56 Å². The number of rotatable bonds is 5. The van der Waals surface area contributed by atoms with Crippen LogP contribution in [0, 0.1) is 0 Å². The minimum absolute atomic E-state index is 0. The Balaban J connectivity index is 0.00000289. The van der Waals surface area contributed by atoms with Gasteiger partial charge in [-0.2, -0.15) is 5.10 Å². The molecule has 6 heteroatoms. The van der Waals surface area contributed by atoms with Crippen LogP contribution in [0.2, 0.25) is 0 Å². The average Bonchev–Trinajstić information content (AvgIpc) is 2.31. The second-order valence-electron chi connectivity index (χ2n) is 3.67. The molecule has 100 valence electrons. The summed E-state index contributed by atoms with van der Waals surface area (Å²) in [7, 11) is 0. The molecule has 0 bridgehead atoms. The fraction of sp³-hybridized carbons (Fsp3) is 0.333. The molecule has 1 aromatic rings. The number of hydrogen-bond donors (Lipinski definition) is 2. The van der Waals surface area contributed by atoms with E-state index in [1.54, 1.807) is 0 Å². The van der Waals surface area contributed by atoms with Gasteiger partial charge in [0, 0.05) is 10.2 Å². The van der Waals surface area contributed by atoms with Gasteiger partial charge in [0.25, 0.3) is 0 Å². The molecule has 1 aromatic carbocycles. The number of nitrogens with zero attached hydrogens (tertiary/aromatic N) is 2. The summed E-state index contributed by atoms with van der Waals surface area (Å²) in [6.45, 7) is 2.04. The van der Waals surface area contributed by atoms with Crippen molar-refractivity contribution in [3.63, 3.8) is 0 Å². The third-order valence-electron chi connectivity index (χ3n) is 2.33. The van der Waals surface area contributed by atoms with Crippen LogP contribution in [0.4, 0.5) is 0 Å². The summed E-state index contributed by atoms with van der Waals surface area (Å²) in [5.41, 5.74) is 12.7. The first kappa shape index (κ1) is 16.9. The van der Waals surface area contributed by atoms with Gasteiger partial charge in [-0.05, 0) is 37.0 Å². The van der Waals surface area contributed by atoms with Crippen molar-refractivity contribution in [1.29, 1.82) is 0 Å². The number of benzene rings is 1. The predicted octanol–water partition coefficient (Wildman–Crippen LogP) is 2.84. The van der Waals surface area contributed by atoms with Crippen LogP contribution in [0.25, 0.3) is 0 Å². The molecule has 0 aliphatic rings. The van der Waals surface area contributed by atoms with Crippen molar-refractivity contribution in [3.8, 4) is 0 Å². The second kappa shape index (κ2) is 8.94. The maximum Gasteiger partial charge on any atom is 0.211 e. The molecule has 4 N–H and O–H groups in total. The Morgan fingerprint density at radius 3 is 2.28 bits per heavy atom. The molecule has 0 radical (unpaired) electrons. The van der Waals surface area contributed by atoms with Crippen LogP contribution >= 0.6 is 28.3 Å². The van der Waals surface area contributed by atoms with Gasteiger partial charge in [-0.15, -0.1) is 17.5 Å². The molecule has 18 heavy (non-hydrogen) atoms. The highest BCUT2D eigenvalue weighted by atomic mass is 79.9. The molecule has 0 saturated heterocycles. The number of aryl methyl sites for hydroxylation is 1. The van der Waals surface area contributed by atoms with E-state index in [0.29, 0.717) is 0 Å². The highest BCUT2D eigenvalue weighted by Crippen LogP contribution is 2.12. The zero-order chi connectivity index (χ0) is 12.7. The van der Waals surface area contributed by atoms with Crippen LogP contribution in [-0.4, -0.2) is 11.7 Å². The second-order valence-corrected chi connectivity index (χ2v) is 4.59. The molecule has 0 aromatic heterocycles. The van der Waals surface area contributed by atoms with Crippen molar-refractivity contribution in [2.45, 2.75) is 26.2 Å². The summed E-state index contributed by atoms with van der Waals surface area (Å²) in [6.07, 6.45) is 2.67. The van der Waals surface area contributed by atoms with Gasteiger partial charge < -0.3 is 11.5 Å². The van der Waals surface area contributed by atoms with E-state index in [9.17, 15) is 0 Å². The monoisotopic (exact) mass is 332 g/mol. The summed E-state index contributed by atoms with van der Waals surface area (Å²) in [4.78, 5) is 0. The molecule has 0 unspecified atom stereocenters. The van der Waals surface area contributed by atoms with E-state index < -0.39 is 0 Å². The van der Waals surface area contributed by atoms with Crippen LogP contribution in [0.5, 0.6) is 0 Å². The quantitative estimate of drug-likeness (QED) is 0.494. The van der Waals surface area contributed by atoms with Crippen molar-refractivity contribution in [1.82, 2.24) is 0 Å². The third-order valence-corrected chi connectivity index (χ3v) is 2.86. The lowest BCUT2D eigenvalue weighted by molar-refractivity contribution is 0.985. The SMILES string of the molecule is CC/C(CCc1ccc(Br)cc1)=N\N=C(N)N.Cl. The Bertz CT molecular complexity index is 411. The molecule has 0 saturated carbocycles. The topological polar surface area (TPSA) is 76.8 Å². The lowest BCUT2D eigenvalue weighted by Crippen LogP contribution is -2.22. The molecule has 0 amide bonds. The molecule has 0 aliphatic heterocycles. The summed E-state index contributed by atoms with van der Waals surface area (Å²) in [5.74, 6) is -0.000378. The van der Waals surface area contributed by atoms with Gasteiger partial charge >= 0.3 is 0 Å². The Labute approximate surface area is 122 Å². The summed E-state index contributed by atoms with van der Waals surface area (Å²) in [6, 6.07) is 8.26. The molecule has 0 fully saturated rings. The van der Waals surface area contributed by atoms with Gasteiger partial charge in [-0.3, -0.25) is 0 Å². The van der Waals surface area contributed by atoms with E-state index in [4.69, 9.17) is 11.5 Å². The largest absolute Gasteiger partial charge is 0.369 e. The van der Waals surface area contributed by atoms with Crippen LogP contribution in [0.15, 0.2) is 38.9 Å². The highest BCUT2D eigenvalue weighted by Gasteiger charge is 1.99. The van der Waals surface area contributed by atoms with Crippen molar-refractivity contribution in [3.05, 3.63) is 34.3 Å². The zero-order valence-electron chi connectivity index (χ0n) is 10.3. The fourth-order valence-electron chi connectivity index (χ4n) is 1.37. The molecular formula is C12H18BrClN4. The average molecular weight is 334 g/mol. The Morgan fingerprint density at radius 1 is 1.17 bits per heavy atom. The minimum atomic E-state index is -0.000378. The van der Waals surface area contributed by atoms with Gasteiger partial charge in [-0.25, -0.2) is 0 Å². The first-order chi connectivity index (χ1) is 8.11. The fourth-order valence-corrected chi connectivity index (χ4v) is 1.63. The molecule has 0 atom stereocenters. The van der Waals surface area contributed by atoms with Crippen molar-refractivity contribution < 1.29 is 0 Å². The molecular weight excluding hydrogens is 316 g/mol. The molecule has 0 aliphatic carbocycles. The standard InChI is InChI=1S/C12H17BrN4.ClH/c1-2-11(16-17-12(14)15)8-5-9-3-6-10(13)7-4-9;/h3-4,6-7H,2,5,8H2,1H3,(H4,14,15,17);1H/b16-11+;. The lowest BCUT2D eigenvalue weighted by atomic mass is 10.1. The molecule has 0 heterocycles. The molecule has 0 spiro atoms. The Morgan fingerprint density at radius 2 is 1.78 bits per heavy atom. The lowest BCUT2D eigenvalue weighted by Gasteiger charge is -2.03.